The van der Waals surface area contributed by atoms with Crippen LogP contribution < -0.4 is 4.90 Å². The summed E-state index contributed by atoms with van der Waals surface area (Å²) >= 11 is 6.89. The second kappa shape index (κ2) is 4.74. The van der Waals surface area contributed by atoms with Crippen LogP contribution in [-0.4, -0.2) is 18.2 Å². The first-order valence-electron chi connectivity index (χ1n) is 5.12. The molecule has 0 spiro atoms. The number of phenolic OH excluding ortho intramolecular Hbond substituents is 1. The Morgan fingerprint density at radius 3 is 2.33 bits per heavy atom. The highest BCUT2D eigenvalue weighted by molar-refractivity contribution is 9.13. The molecule has 0 bridgehead atoms. The summed E-state index contributed by atoms with van der Waals surface area (Å²) in [6.07, 6.45) is 3.84. The van der Waals surface area contributed by atoms with Crippen molar-refractivity contribution in [2.45, 2.75) is 19.3 Å². The Labute approximate surface area is 107 Å². The predicted octanol–water partition coefficient (Wildman–Crippen LogP) is 3.91. The summed E-state index contributed by atoms with van der Waals surface area (Å²) in [5.74, 6) is 0.280. The molecule has 0 saturated carbocycles. The number of halogens is 2. The monoisotopic (exact) mass is 333 g/mol. The molecule has 0 radical (unpaired) electrons. The highest BCUT2D eigenvalue weighted by Gasteiger charge is 2.16. The predicted molar refractivity (Wildman–Crippen MR) is 69.6 cm³/mol. The van der Waals surface area contributed by atoms with E-state index in [1.54, 1.807) is 6.07 Å². The van der Waals surface area contributed by atoms with E-state index in [0.29, 0.717) is 0 Å². The van der Waals surface area contributed by atoms with Crippen molar-refractivity contribution in [3.05, 3.63) is 21.1 Å². The van der Waals surface area contributed by atoms with Crippen LogP contribution in [0.25, 0.3) is 0 Å². The van der Waals surface area contributed by atoms with Crippen LogP contribution in [0, 0.1) is 0 Å². The standard InChI is InChI=1S/C11H13Br2NO/c12-10-8(4-5-9(15)11(10)13)14-6-2-1-3-7-14/h4-5,15H,1-3,6-7H2. The fraction of sp³-hybridized carbons (Fsp3) is 0.455. The van der Waals surface area contributed by atoms with Gasteiger partial charge in [0.2, 0.25) is 0 Å². The summed E-state index contributed by atoms with van der Waals surface area (Å²) in [5.41, 5.74) is 1.17. The van der Waals surface area contributed by atoms with Gasteiger partial charge in [0.25, 0.3) is 0 Å². The number of rotatable bonds is 1. The molecule has 1 saturated heterocycles. The maximum absolute atomic E-state index is 9.53. The second-order valence-corrected chi connectivity index (χ2v) is 5.37. The van der Waals surface area contributed by atoms with Crippen LogP contribution >= 0.6 is 31.9 Å². The molecule has 1 aliphatic rings. The highest BCUT2D eigenvalue weighted by atomic mass is 79.9. The summed E-state index contributed by atoms with van der Waals surface area (Å²) in [6.45, 7) is 2.21. The molecule has 82 valence electrons. The third-order valence-electron chi connectivity index (χ3n) is 2.74. The van der Waals surface area contributed by atoms with Crippen molar-refractivity contribution in [1.82, 2.24) is 0 Å². The van der Waals surface area contributed by atoms with Gasteiger partial charge in [-0.2, -0.15) is 0 Å². The molecular formula is C11H13Br2NO. The first-order valence-corrected chi connectivity index (χ1v) is 6.70. The number of phenols is 1. The van der Waals surface area contributed by atoms with Crippen LogP contribution in [-0.2, 0) is 0 Å². The smallest absolute Gasteiger partial charge is 0.131 e. The van der Waals surface area contributed by atoms with E-state index in [4.69, 9.17) is 0 Å². The first kappa shape index (κ1) is 11.3. The quantitative estimate of drug-likeness (QED) is 0.841. The van der Waals surface area contributed by atoms with Crippen molar-refractivity contribution in [2.24, 2.45) is 0 Å². The van der Waals surface area contributed by atoms with Gasteiger partial charge in [0, 0.05) is 13.1 Å². The summed E-state index contributed by atoms with van der Waals surface area (Å²) in [4.78, 5) is 2.36. The lowest BCUT2D eigenvalue weighted by Crippen LogP contribution is -2.29. The van der Waals surface area contributed by atoms with Gasteiger partial charge in [0.15, 0.2) is 0 Å². The molecule has 1 N–H and O–H groups in total. The summed E-state index contributed by atoms with van der Waals surface area (Å²) in [6, 6.07) is 3.70. The largest absolute Gasteiger partial charge is 0.507 e. The molecule has 1 aliphatic heterocycles. The zero-order valence-electron chi connectivity index (χ0n) is 8.34. The van der Waals surface area contributed by atoms with Gasteiger partial charge in [-0.15, -0.1) is 0 Å². The normalized spacial score (nSPS) is 16.8. The molecule has 1 aromatic rings. The lowest BCUT2D eigenvalue weighted by molar-refractivity contribution is 0.471. The Kier molecular flexibility index (Phi) is 3.57. The number of aromatic hydroxyl groups is 1. The number of hydrogen-bond acceptors (Lipinski definition) is 2. The van der Waals surface area contributed by atoms with E-state index >= 15 is 0 Å². The lowest BCUT2D eigenvalue weighted by atomic mass is 10.1. The molecule has 0 aromatic heterocycles. The van der Waals surface area contributed by atoms with Gasteiger partial charge in [-0.05, 0) is 63.3 Å². The van der Waals surface area contributed by atoms with Gasteiger partial charge < -0.3 is 10.0 Å². The van der Waals surface area contributed by atoms with E-state index < -0.39 is 0 Å². The molecule has 1 heterocycles. The molecule has 1 fully saturated rings. The molecule has 2 nitrogen and oxygen atoms in total. The minimum absolute atomic E-state index is 0.280. The zero-order chi connectivity index (χ0) is 10.8. The zero-order valence-corrected chi connectivity index (χ0v) is 11.5. The highest BCUT2D eigenvalue weighted by Crippen LogP contribution is 2.39. The van der Waals surface area contributed by atoms with E-state index in [0.717, 1.165) is 22.0 Å². The van der Waals surface area contributed by atoms with Crippen LogP contribution in [0.4, 0.5) is 5.69 Å². The van der Waals surface area contributed by atoms with Gasteiger partial charge in [-0.1, -0.05) is 0 Å². The maximum atomic E-state index is 9.53. The minimum atomic E-state index is 0.280. The van der Waals surface area contributed by atoms with Gasteiger partial charge in [0.05, 0.1) is 14.6 Å². The van der Waals surface area contributed by atoms with Crippen molar-refractivity contribution in [2.75, 3.05) is 18.0 Å². The van der Waals surface area contributed by atoms with E-state index in [2.05, 4.69) is 36.8 Å². The fourth-order valence-electron chi connectivity index (χ4n) is 1.91. The molecule has 0 unspecified atom stereocenters. The average Bonchev–Trinajstić information content (AvgIpc) is 2.27. The van der Waals surface area contributed by atoms with Crippen molar-refractivity contribution in [3.8, 4) is 5.75 Å². The lowest BCUT2D eigenvalue weighted by Gasteiger charge is -2.30. The van der Waals surface area contributed by atoms with Crippen LogP contribution in [0.1, 0.15) is 19.3 Å². The molecule has 4 heteroatoms. The molecule has 0 aliphatic carbocycles. The third kappa shape index (κ3) is 2.31. The summed E-state index contributed by atoms with van der Waals surface area (Å²) < 4.78 is 1.69. The second-order valence-electron chi connectivity index (χ2n) is 3.78. The molecule has 0 atom stereocenters. The number of hydrogen-bond donors (Lipinski definition) is 1. The Hall–Kier alpha value is -0.220. The number of anilines is 1. The van der Waals surface area contributed by atoms with E-state index in [1.165, 1.54) is 24.9 Å². The van der Waals surface area contributed by atoms with Crippen molar-refractivity contribution in [3.63, 3.8) is 0 Å². The van der Waals surface area contributed by atoms with Crippen molar-refractivity contribution >= 4 is 37.5 Å². The molecule has 0 amide bonds. The molecule has 15 heavy (non-hydrogen) atoms. The molecule has 2 rings (SSSR count). The van der Waals surface area contributed by atoms with Crippen molar-refractivity contribution < 1.29 is 5.11 Å². The first-order chi connectivity index (χ1) is 7.20. The van der Waals surface area contributed by atoms with E-state index in [9.17, 15) is 5.11 Å². The molecular weight excluding hydrogens is 322 g/mol. The fourth-order valence-corrected chi connectivity index (χ4v) is 2.83. The summed E-state index contributed by atoms with van der Waals surface area (Å²) in [5, 5.41) is 9.53. The van der Waals surface area contributed by atoms with E-state index in [-0.39, 0.29) is 5.75 Å². The van der Waals surface area contributed by atoms with Crippen molar-refractivity contribution in [1.29, 1.82) is 0 Å². The van der Waals surface area contributed by atoms with Crippen LogP contribution in [0.3, 0.4) is 0 Å². The van der Waals surface area contributed by atoms with Crippen LogP contribution in [0.5, 0.6) is 5.75 Å². The Morgan fingerprint density at radius 2 is 1.67 bits per heavy atom. The van der Waals surface area contributed by atoms with Gasteiger partial charge >= 0.3 is 0 Å². The Morgan fingerprint density at radius 1 is 1.00 bits per heavy atom. The number of piperidine rings is 1. The topological polar surface area (TPSA) is 23.5 Å². The van der Waals surface area contributed by atoms with Crippen LogP contribution in [0.2, 0.25) is 0 Å². The van der Waals surface area contributed by atoms with Gasteiger partial charge in [-0.25, -0.2) is 0 Å². The minimum Gasteiger partial charge on any atom is -0.507 e. The Bertz CT molecular complexity index is 362. The average molecular weight is 335 g/mol. The summed E-state index contributed by atoms with van der Waals surface area (Å²) in [7, 11) is 0. The SMILES string of the molecule is Oc1ccc(N2CCCCC2)c(Br)c1Br. The molecule has 1 aromatic carbocycles. The Balaban J connectivity index is 2.31. The van der Waals surface area contributed by atoms with E-state index in [1.807, 2.05) is 6.07 Å². The van der Waals surface area contributed by atoms with Gasteiger partial charge in [-0.3, -0.25) is 0 Å². The van der Waals surface area contributed by atoms with Crippen LogP contribution in [0.15, 0.2) is 21.1 Å². The maximum Gasteiger partial charge on any atom is 0.131 e. The van der Waals surface area contributed by atoms with Gasteiger partial charge in [0.1, 0.15) is 5.75 Å². The third-order valence-corrected chi connectivity index (χ3v) is 4.88. The number of benzene rings is 1. The number of nitrogens with zero attached hydrogens (tertiary/aromatic N) is 1.